The van der Waals surface area contributed by atoms with Gasteiger partial charge in [0.2, 0.25) is 5.89 Å². The maximum atomic E-state index is 11.9. The van der Waals surface area contributed by atoms with Gasteiger partial charge < -0.3 is 14.6 Å². The summed E-state index contributed by atoms with van der Waals surface area (Å²) in [4.78, 5) is 1.70. The van der Waals surface area contributed by atoms with Crippen molar-refractivity contribution in [3.05, 3.63) is 5.89 Å². The number of sulfone groups is 1. The Kier molecular flexibility index (Phi) is 5.50. The van der Waals surface area contributed by atoms with Gasteiger partial charge in [-0.05, 0) is 19.9 Å². The first-order chi connectivity index (χ1) is 9.93. The highest BCUT2D eigenvalue weighted by Gasteiger charge is 2.34. The number of hydrogen-bond donors (Lipinski definition) is 1. The Morgan fingerprint density at radius 2 is 2.29 bits per heavy atom. The van der Waals surface area contributed by atoms with Crippen molar-refractivity contribution in [3.8, 4) is 0 Å². The fraction of sp³-hybridized carbons (Fsp3) is 0.833. The van der Waals surface area contributed by atoms with Gasteiger partial charge >= 0.3 is 6.01 Å². The summed E-state index contributed by atoms with van der Waals surface area (Å²) >= 11 is 1.63. The van der Waals surface area contributed by atoms with E-state index in [0.29, 0.717) is 24.2 Å². The lowest BCUT2D eigenvalue weighted by Crippen LogP contribution is -2.47. The Hall–Kier alpha value is -0.800. The van der Waals surface area contributed by atoms with E-state index in [1.807, 2.05) is 6.92 Å². The molecule has 21 heavy (non-hydrogen) atoms. The first-order valence-electron chi connectivity index (χ1n) is 7.03. The molecule has 7 nitrogen and oxygen atoms in total. The molecule has 0 aromatic carbocycles. The predicted molar refractivity (Wildman–Crippen MR) is 84.3 cm³/mol. The van der Waals surface area contributed by atoms with Crippen molar-refractivity contribution < 1.29 is 12.8 Å². The van der Waals surface area contributed by atoms with Crippen LogP contribution in [0.3, 0.4) is 0 Å². The molecule has 1 aromatic heterocycles. The number of nitrogens with zero attached hydrogens (tertiary/aromatic N) is 3. The molecule has 0 amide bonds. The molecule has 1 fully saturated rings. The third-order valence-corrected chi connectivity index (χ3v) is 5.97. The first kappa shape index (κ1) is 16.6. The van der Waals surface area contributed by atoms with E-state index in [2.05, 4.69) is 22.4 Å². The number of aromatic nitrogens is 2. The molecular formula is C12H22N4O3S2. The van der Waals surface area contributed by atoms with Crippen molar-refractivity contribution in [1.29, 1.82) is 0 Å². The van der Waals surface area contributed by atoms with Crippen molar-refractivity contribution in [3.63, 3.8) is 0 Å². The summed E-state index contributed by atoms with van der Waals surface area (Å²) in [6.07, 6.45) is 2.27. The molecule has 0 radical (unpaired) electrons. The lowest BCUT2D eigenvalue weighted by molar-refractivity contribution is 0.413. The SMILES string of the molecule is CCCNC(C)c1nnc(N2CCSCC2S(C)(=O)=O)o1. The van der Waals surface area contributed by atoms with E-state index >= 15 is 0 Å². The van der Waals surface area contributed by atoms with E-state index < -0.39 is 15.2 Å². The second-order valence-electron chi connectivity index (χ2n) is 5.15. The minimum Gasteiger partial charge on any atom is -0.406 e. The van der Waals surface area contributed by atoms with Crippen molar-refractivity contribution in [2.75, 3.05) is 35.8 Å². The number of rotatable bonds is 6. The average Bonchev–Trinajstić information content (AvgIpc) is 2.93. The van der Waals surface area contributed by atoms with Crippen LogP contribution in [0.1, 0.15) is 32.2 Å². The highest BCUT2D eigenvalue weighted by atomic mass is 32.2. The normalized spacial score (nSPS) is 21.5. The Morgan fingerprint density at radius 1 is 1.52 bits per heavy atom. The van der Waals surface area contributed by atoms with Crippen molar-refractivity contribution in [2.45, 2.75) is 31.7 Å². The summed E-state index contributed by atoms with van der Waals surface area (Å²) in [7, 11) is -3.19. The summed E-state index contributed by atoms with van der Waals surface area (Å²) in [6, 6.07) is 0.257. The molecule has 120 valence electrons. The standard InChI is InChI=1S/C12H22N4O3S2/c1-4-5-13-9(2)11-14-15-12(19-11)16-6-7-20-8-10(16)21(3,17)18/h9-10,13H,4-8H2,1-3H3. The smallest absolute Gasteiger partial charge is 0.319 e. The van der Waals surface area contributed by atoms with Gasteiger partial charge in [0.1, 0.15) is 5.37 Å². The van der Waals surface area contributed by atoms with E-state index in [9.17, 15) is 8.42 Å². The fourth-order valence-electron chi connectivity index (χ4n) is 2.12. The van der Waals surface area contributed by atoms with Gasteiger partial charge in [0.05, 0.1) is 6.04 Å². The molecule has 1 saturated heterocycles. The highest BCUT2D eigenvalue weighted by molar-refractivity contribution is 8.01. The quantitative estimate of drug-likeness (QED) is 0.826. The topological polar surface area (TPSA) is 88.3 Å². The molecular weight excluding hydrogens is 312 g/mol. The van der Waals surface area contributed by atoms with E-state index in [1.165, 1.54) is 6.26 Å². The zero-order valence-electron chi connectivity index (χ0n) is 12.6. The van der Waals surface area contributed by atoms with Crippen LogP contribution in [0.15, 0.2) is 4.42 Å². The van der Waals surface area contributed by atoms with Gasteiger partial charge in [-0.25, -0.2) is 8.42 Å². The van der Waals surface area contributed by atoms with Crippen molar-refractivity contribution >= 4 is 27.6 Å². The second-order valence-corrected chi connectivity index (χ2v) is 8.50. The van der Waals surface area contributed by atoms with E-state index in [1.54, 1.807) is 16.7 Å². The molecule has 9 heteroatoms. The van der Waals surface area contributed by atoms with Gasteiger partial charge in [-0.2, -0.15) is 11.8 Å². The Labute approximate surface area is 129 Å². The van der Waals surface area contributed by atoms with Crippen molar-refractivity contribution in [1.82, 2.24) is 15.5 Å². The van der Waals surface area contributed by atoms with E-state index in [4.69, 9.17) is 4.42 Å². The minimum absolute atomic E-state index is 0.0398. The lowest BCUT2D eigenvalue weighted by atomic mass is 10.3. The molecule has 1 aliphatic rings. The molecule has 0 spiro atoms. The first-order valence-corrected chi connectivity index (χ1v) is 10.1. The van der Waals surface area contributed by atoms with Crippen LogP contribution in [0, 0.1) is 0 Å². The van der Waals surface area contributed by atoms with Gasteiger partial charge in [0.15, 0.2) is 9.84 Å². The summed E-state index contributed by atoms with van der Waals surface area (Å²) in [6.45, 7) is 5.50. The molecule has 2 atom stereocenters. The maximum absolute atomic E-state index is 11.9. The number of thioether (sulfide) groups is 1. The zero-order valence-corrected chi connectivity index (χ0v) is 14.2. The third-order valence-electron chi connectivity index (χ3n) is 3.33. The molecule has 2 heterocycles. The maximum Gasteiger partial charge on any atom is 0.319 e. The van der Waals surface area contributed by atoms with Crippen LogP contribution in [0.2, 0.25) is 0 Å². The number of nitrogens with one attached hydrogen (secondary N) is 1. The highest BCUT2D eigenvalue weighted by Crippen LogP contribution is 2.26. The summed E-state index contributed by atoms with van der Waals surface area (Å²) in [5, 5.41) is 10.7. The molecule has 0 aliphatic carbocycles. The van der Waals surface area contributed by atoms with Crippen LogP contribution >= 0.6 is 11.8 Å². The van der Waals surface area contributed by atoms with Gasteiger partial charge in [-0.1, -0.05) is 12.0 Å². The Balaban J connectivity index is 2.15. The molecule has 1 aliphatic heterocycles. The third kappa shape index (κ3) is 4.10. The van der Waals surface area contributed by atoms with Crippen molar-refractivity contribution in [2.24, 2.45) is 0 Å². The molecule has 0 saturated carbocycles. The van der Waals surface area contributed by atoms with Crippen LogP contribution in [-0.2, 0) is 9.84 Å². The second kappa shape index (κ2) is 6.97. The van der Waals surface area contributed by atoms with Crippen LogP contribution in [0.5, 0.6) is 0 Å². The summed E-state index contributed by atoms with van der Waals surface area (Å²) < 4.78 is 29.5. The van der Waals surface area contributed by atoms with E-state index in [-0.39, 0.29) is 6.04 Å². The molecule has 0 bridgehead atoms. The summed E-state index contributed by atoms with van der Waals surface area (Å²) in [5.41, 5.74) is 0. The molecule has 1 N–H and O–H groups in total. The van der Waals surface area contributed by atoms with Gasteiger partial charge in [0.25, 0.3) is 0 Å². The van der Waals surface area contributed by atoms with E-state index in [0.717, 1.165) is 18.7 Å². The zero-order chi connectivity index (χ0) is 15.5. The molecule has 2 unspecified atom stereocenters. The Bertz CT molecular complexity index is 561. The van der Waals surface area contributed by atoms with Crippen LogP contribution in [0.4, 0.5) is 6.01 Å². The predicted octanol–water partition coefficient (Wildman–Crippen LogP) is 1.05. The van der Waals surface area contributed by atoms with Gasteiger partial charge in [-0.15, -0.1) is 5.10 Å². The van der Waals surface area contributed by atoms with Crippen LogP contribution in [-0.4, -0.2) is 54.8 Å². The van der Waals surface area contributed by atoms with Gasteiger partial charge in [0, 0.05) is 24.3 Å². The van der Waals surface area contributed by atoms with Crippen LogP contribution < -0.4 is 10.2 Å². The van der Waals surface area contributed by atoms with Gasteiger partial charge in [-0.3, -0.25) is 0 Å². The number of anilines is 1. The van der Waals surface area contributed by atoms with Crippen LogP contribution in [0.25, 0.3) is 0 Å². The Morgan fingerprint density at radius 3 is 2.95 bits per heavy atom. The molecule has 1 aromatic rings. The monoisotopic (exact) mass is 334 g/mol. The fourth-order valence-corrected chi connectivity index (χ4v) is 4.93. The lowest BCUT2D eigenvalue weighted by Gasteiger charge is -2.32. The average molecular weight is 334 g/mol. The molecule has 2 rings (SSSR count). The largest absolute Gasteiger partial charge is 0.406 e. The summed E-state index contributed by atoms with van der Waals surface area (Å²) in [5.74, 6) is 1.87. The minimum atomic E-state index is -3.19. The number of hydrogen-bond acceptors (Lipinski definition) is 8.